The van der Waals surface area contributed by atoms with E-state index in [9.17, 15) is 0 Å². The van der Waals surface area contributed by atoms with E-state index in [1.807, 2.05) is 6.92 Å². The van der Waals surface area contributed by atoms with E-state index < -0.39 is 13.2 Å². The van der Waals surface area contributed by atoms with E-state index in [2.05, 4.69) is 38.7 Å². The first kappa shape index (κ1) is 33.0. The summed E-state index contributed by atoms with van der Waals surface area (Å²) in [6.07, 6.45) is 8.42. The first-order valence-corrected chi connectivity index (χ1v) is 10.1. The van der Waals surface area contributed by atoms with Gasteiger partial charge in [-0.15, -0.1) is 0 Å². The first-order chi connectivity index (χ1) is 12.2. The van der Waals surface area contributed by atoms with Crippen LogP contribution in [0, 0.1) is 5.41 Å². The molecule has 0 saturated heterocycles. The van der Waals surface area contributed by atoms with Crippen LogP contribution in [0.2, 0.25) is 5.32 Å². The summed E-state index contributed by atoms with van der Waals surface area (Å²) in [7, 11) is -4.64. The second-order valence-electron chi connectivity index (χ2n) is 4.49. The molecule has 0 heterocycles. The molecule has 0 atom stereocenters. The second kappa shape index (κ2) is 22.4. The van der Waals surface area contributed by atoms with Gasteiger partial charge in [-0.2, -0.15) is 0 Å². The molecule has 0 unspecified atom stereocenters. The van der Waals surface area contributed by atoms with Crippen LogP contribution in [0.15, 0.2) is 22.7 Å². The molecule has 0 bridgehead atoms. The van der Waals surface area contributed by atoms with Gasteiger partial charge in [0.25, 0.3) is 13.6 Å². The van der Waals surface area contributed by atoms with Crippen LogP contribution in [0.5, 0.6) is 0 Å². The fraction of sp³-hybridized carbons (Fsp3) is 0.600. The summed E-state index contributed by atoms with van der Waals surface area (Å²) in [5, 5.41) is 27.3. The quantitative estimate of drug-likeness (QED) is 0.247. The van der Waals surface area contributed by atoms with Crippen molar-refractivity contribution in [2.75, 3.05) is 19.8 Å². The summed E-state index contributed by atoms with van der Waals surface area (Å²) >= 11 is 1.04. The molecule has 0 saturated carbocycles. The summed E-state index contributed by atoms with van der Waals surface area (Å²) in [5.74, 6) is 0. The Hall–Kier alpha value is -0.671. The fourth-order valence-corrected chi connectivity index (χ4v) is 2.28. The number of allylic oxidation sites excluding steroid dienone is 4. The van der Waals surface area contributed by atoms with E-state index in [0.29, 0.717) is 6.42 Å². The van der Waals surface area contributed by atoms with Crippen LogP contribution in [0.25, 0.3) is 0 Å². The van der Waals surface area contributed by atoms with Crippen LogP contribution in [-0.2, 0) is 29.1 Å². The van der Waals surface area contributed by atoms with Gasteiger partial charge in [-0.05, 0) is 6.42 Å². The predicted molar refractivity (Wildman–Crippen MR) is 92.0 cm³/mol. The molecule has 11 heteroatoms. The van der Waals surface area contributed by atoms with Gasteiger partial charge in [0.2, 0.25) is 0 Å². The molecule has 26 heavy (non-hydrogen) atoms. The molecule has 0 aromatic rings. The summed E-state index contributed by atoms with van der Waals surface area (Å²) in [4.78, 5) is 36.6. The van der Waals surface area contributed by atoms with E-state index in [4.69, 9.17) is 44.2 Å². The van der Waals surface area contributed by atoms with Crippen molar-refractivity contribution in [3.63, 3.8) is 0 Å². The molecular formula is C15H27MnO9P. The molecule has 6 N–H and O–H groups in total. The Kier molecular flexibility index (Phi) is 28.4. The number of aliphatic hydroxyl groups excluding tert-OH is 3. The van der Waals surface area contributed by atoms with Crippen LogP contribution in [0.3, 0.4) is 0 Å². The molecule has 153 valence electrons. The van der Waals surface area contributed by atoms with Gasteiger partial charge >= 0.3 is 64.1 Å². The topological polar surface area (TPSA) is 173 Å². The summed E-state index contributed by atoms with van der Waals surface area (Å²) in [6.45, 7) is 12.6. The summed E-state index contributed by atoms with van der Waals surface area (Å²) < 4.78 is 10.5. The van der Waals surface area contributed by atoms with Crippen molar-refractivity contribution in [2.45, 2.75) is 32.0 Å². The summed E-state index contributed by atoms with van der Waals surface area (Å²) in [6, 6.07) is 0. The van der Waals surface area contributed by atoms with Crippen molar-refractivity contribution in [1.82, 2.24) is 0 Å². The van der Waals surface area contributed by atoms with E-state index >= 15 is 0 Å². The SMILES string of the molecule is CCC(CO)(CO)CO.C[CH2][Mn][C]1=CC=CC1.O=P(O)(O)O.[C]=O.[C]=O. The van der Waals surface area contributed by atoms with Crippen molar-refractivity contribution in [1.29, 1.82) is 0 Å². The number of hydrogen-bond donors (Lipinski definition) is 6. The van der Waals surface area contributed by atoms with Crippen LogP contribution < -0.4 is 0 Å². The molecule has 0 fully saturated rings. The number of phosphoric acid groups is 1. The Morgan fingerprint density at radius 1 is 1.04 bits per heavy atom. The molecule has 0 spiro atoms. The number of hydrogen-bond acceptors (Lipinski definition) is 6. The third-order valence-electron chi connectivity index (χ3n) is 2.79. The molecular weight excluding hydrogens is 410 g/mol. The van der Waals surface area contributed by atoms with Crippen molar-refractivity contribution in [3.8, 4) is 0 Å². The van der Waals surface area contributed by atoms with Gasteiger partial charge in [0.1, 0.15) is 0 Å². The Labute approximate surface area is 160 Å². The molecule has 1 aliphatic carbocycles. The van der Waals surface area contributed by atoms with Gasteiger partial charge in [-0.25, -0.2) is 4.57 Å². The van der Waals surface area contributed by atoms with Gasteiger partial charge in [0.15, 0.2) is 0 Å². The minimum absolute atomic E-state index is 0.156. The summed E-state index contributed by atoms with van der Waals surface area (Å²) in [5.41, 5.74) is -0.667. The minimum Gasteiger partial charge on any atom is -0.303 e. The van der Waals surface area contributed by atoms with E-state index in [1.54, 1.807) is 4.47 Å². The van der Waals surface area contributed by atoms with E-state index in [-0.39, 0.29) is 19.8 Å². The van der Waals surface area contributed by atoms with Crippen molar-refractivity contribution in [3.05, 3.63) is 22.7 Å². The average Bonchev–Trinajstić information content (AvgIpc) is 3.14. The van der Waals surface area contributed by atoms with Gasteiger partial charge in [0.05, 0.1) is 19.8 Å². The maximum atomic E-state index is 8.88. The van der Waals surface area contributed by atoms with Crippen LogP contribution in [0.4, 0.5) is 0 Å². The van der Waals surface area contributed by atoms with Crippen molar-refractivity contribution < 1.29 is 59.1 Å². The number of aliphatic hydroxyl groups is 3. The molecule has 0 aromatic carbocycles. The van der Waals surface area contributed by atoms with Crippen molar-refractivity contribution in [2.24, 2.45) is 5.41 Å². The standard InChI is InChI=1S/C6H14O3.C5H5.C2H5.2CO.Mn.H3O4P/c1-2-6(3-7,4-8)5-9;1-2-4-5-3-1;3*1-2;;1-5(2,3)4/h7-9H,2-5H2,1H3;1-3H,4H2;1H2,2H3;;;;(H3,1,2,3,4). The third kappa shape index (κ3) is 25.6. The molecule has 9 nitrogen and oxygen atoms in total. The average molecular weight is 437 g/mol. The third-order valence-corrected chi connectivity index (χ3v) is 4.18. The predicted octanol–water partition coefficient (Wildman–Crippen LogP) is -0.0122. The smallest absolute Gasteiger partial charge is 0.303 e. The van der Waals surface area contributed by atoms with Gasteiger partial charge in [-0.3, -0.25) is 9.59 Å². The molecule has 4 radical (unpaired) electrons. The first-order valence-electron chi connectivity index (χ1n) is 7.14. The normalized spacial score (nSPS) is 11.9. The maximum absolute atomic E-state index is 8.88. The molecule has 1 aliphatic rings. The largest absolute Gasteiger partial charge is 0.466 e. The maximum Gasteiger partial charge on any atom is 0.466 e. The molecule has 0 aliphatic heterocycles. The van der Waals surface area contributed by atoms with Crippen LogP contribution in [-0.4, -0.2) is 63.4 Å². The van der Waals surface area contributed by atoms with E-state index in [0.717, 1.165) is 15.0 Å². The Bertz CT molecular complexity index is 378. The Balaban J connectivity index is -0.000000131. The van der Waals surface area contributed by atoms with Crippen molar-refractivity contribution >= 4 is 21.4 Å². The van der Waals surface area contributed by atoms with Gasteiger partial charge in [-0.1, -0.05) is 6.92 Å². The van der Waals surface area contributed by atoms with Gasteiger partial charge < -0.3 is 30.0 Å². The van der Waals surface area contributed by atoms with Crippen LogP contribution >= 0.6 is 7.82 Å². The van der Waals surface area contributed by atoms with Crippen LogP contribution in [0.1, 0.15) is 26.7 Å². The monoisotopic (exact) mass is 437 g/mol. The van der Waals surface area contributed by atoms with Gasteiger partial charge in [0, 0.05) is 5.41 Å². The zero-order valence-electron chi connectivity index (χ0n) is 14.7. The zero-order valence-corrected chi connectivity index (χ0v) is 16.8. The Morgan fingerprint density at radius 3 is 1.58 bits per heavy atom. The number of rotatable bonds is 6. The van der Waals surface area contributed by atoms with E-state index in [1.165, 1.54) is 11.7 Å². The molecule has 0 amide bonds. The zero-order chi connectivity index (χ0) is 21.6. The Morgan fingerprint density at radius 2 is 1.42 bits per heavy atom. The second-order valence-corrected chi connectivity index (χ2v) is 7.52. The minimum atomic E-state index is -4.64. The number of carbonyl (C=O) groups excluding carboxylic acids is 2. The fourth-order valence-electron chi connectivity index (χ4n) is 1.18. The molecule has 0 aromatic heterocycles. The molecule has 1 rings (SSSR count).